The molecule has 1 saturated heterocycles. The van der Waals surface area contributed by atoms with Crippen LogP contribution >= 0.6 is 0 Å². The fraction of sp³-hybridized carbons (Fsp3) is 0.429. The van der Waals surface area contributed by atoms with Gasteiger partial charge in [0.25, 0.3) is 0 Å². The summed E-state index contributed by atoms with van der Waals surface area (Å²) in [6, 6.07) is 5.97. The van der Waals surface area contributed by atoms with Crippen LogP contribution in [0.25, 0.3) is 0 Å². The number of anilines is 1. The Balaban J connectivity index is 2.37. The molecule has 0 unspecified atom stereocenters. The maximum atomic E-state index is 13.8. The summed E-state index contributed by atoms with van der Waals surface area (Å²) in [6.07, 6.45) is 0.584. The summed E-state index contributed by atoms with van der Waals surface area (Å²) in [5, 5.41) is 12.0. The lowest BCUT2D eigenvalue weighted by molar-refractivity contribution is -0.128. The van der Waals surface area contributed by atoms with E-state index in [0.717, 1.165) is 0 Å². The zero-order valence-corrected chi connectivity index (χ0v) is 11.8. The molecule has 7 heteroatoms. The minimum Gasteiger partial charge on any atom is -0.409 e. The fourth-order valence-electron chi connectivity index (χ4n) is 2.55. The Morgan fingerprint density at radius 2 is 2.05 bits per heavy atom. The van der Waals surface area contributed by atoms with Gasteiger partial charge in [-0.15, -0.1) is 0 Å². The molecular formula is C14H18FN3O3. The van der Waals surface area contributed by atoms with E-state index in [1.165, 1.54) is 24.1 Å². The van der Waals surface area contributed by atoms with Gasteiger partial charge in [0.05, 0.1) is 5.69 Å². The number of nitrogens with two attached hydrogens (primary N) is 1. The van der Waals surface area contributed by atoms with E-state index in [9.17, 15) is 9.18 Å². The first kappa shape index (κ1) is 15.2. The molecule has 2 rings (SSSR count). The van der Waals surface area contributed by atoms with Crippen molar-refractivity contribution in [3.8, 4) is 0 Å². The molecule has 0 aromatic heterocycles. The number of ether oxygens (including phenoxy) is 1. The zero-order chi connectivity index (χ0) is 15.5. The Morgan fingerprint density at radius 3 is 2.62 bits per heavy atom. The summed E-state index contributed by atoms with van der Waals surface area (Å²) in [5.41, 5.74) is 4.73. The third-order valence-electron chi connectivity index (χ3n) is 3.87. The summed E-state index contributed by atoms with van der Waals surface area (Å²) in [4.78, 5) is 14.0. The Morgan fingerprint density at radius 1 is 1.43 bits per heavy atom. The maximum absolute atomic E-state index is 13.8. The minimum absolute atomic E-state index is 0.152. The average Bonchev–Trinajstić information content (AvgIpc) is 2.53. The van der Waals surface area contributed by atoms with Crippen LogP contribution in [0.5, 0.6) is 0 Å². The van der Waals surface area contributed by atoms with Gasteiger partial charge in [-0.2, -0.15) is 0 Å². The van der Waals surface area contributed by atoms with E-state index < -0.39 is 17.1 Å². The molecule has 1 fully saturated rings. The van der Waals surface area contributed by atoms with Gasteiger partial charge in [0.1, 0.15) is 11.2 Å². The highest BCUT2D eigenvalue weighted by Gasteiger charge is 2.46. The van der Waals surface area contributed by atoms with E-state index in [-0.39, 0.29) is 11.5 Å². The Hall–Kier alpha value is -2.15. The third-order valence-corrected chi connectivity index (χ3v) is 3.87. The van der Waals surface area contributed by atoms with Gasteiger partial charge in [-0.1, -0.05) is 17.3 Å². The number of para-hydroxylation sites is 1. The fourth-order valence-corrected chi connectivity index (χ4v) is 2.55. The van der Waals surface area contributed by atoms with Crippen molar-refractivity contribution in [2.45, 2.75) is 12.8 Å². The zero-order valence-electron chi connectivity index (χ0n) is 11.8. The molecule has 0 saturated carbocycles. The molecule has 1 aromatic rings. The second kappa shape index (κ2) is 6.09. The van der Waals surface area contributed by atoms with E-state index in [4.69, 9.17) is 15.7 Å². The van der Waals surface area contributed by atoms with E-state index in [1.807, 2.05) is 0 Å². The summed E-state index contributed by atoms with van der Waals surface area (Å²) >= 11 is 0. The van der Waals surface area contributed by atoms with Crippen molar-refractivity contribution in [2.24, 2.45) is 16.3 Å². The molecule has 1 aromatic carbocycles. The molecule has 114 valence electrons. The van der Waals surface area contributed by atoms with Crippen LogP contribution in [0, 0.1) is 11.2 Å². The number of carbonyl (C=O) groups excluding carboxylic acids is 1. The number of hydrogen-bond donors (Lipinski definition) is 2. The highest BCUT2D eigenvalue weighted by Crippen LogP contribution is 2.34. The summed E-state index contributed by atoms with van der Waals surface area (Å²) < 4.78 is 19.1. The predicted octanol–water partition coefficient (Wildman–Crippen LogP) is 1.33. The van der Waals surface area contributed by atoms with Crippen molar-refractivity contribution < 1.29 is 19.1 Å². The molecule has 1 amide bonds. The molecular weight excluding hydrogens is 277 g/mol. The SMILES string of the molecule is CN(C(=O)C1(C(N)=NO)CCOCC1)c1ccccc1F. The number of amides is 1. The highest BCUT2D eigenvalue weighted by molar-refractivity contribution is 6.12. The average molecular weight is 295 g/mol. The Labute approximate surface area is 122 Å². The lowest BCUT2D eigenvalue weighted by atomic mass is 9.77. The lowest BCUT2D eigenvalue weighted by Gasteiger charge is -2.37. The largest absolute Gasteiger partial charge is 0.409 e. The van der Waals surface area contributed by atoms with Gasteiger partial charge in [0.2, 0.25) is 5.91 Å². The summed E-state index contributed by atoms with van der Waals surface area (Å²) in [7, 11) is 1.47. The first-order valence-corrected chi connectivity index (χ1v) is 6.61. The number of amidine groups is 1. The van der Waals surface area contributed by atoms with Gasteiger partial charge in [0, 0.05) is 20.3 Å². The van der Waals surface area contributed by atoms with Crippen LogP contribution < -0.4 is 10.6 Å². The quantitative estimate of drug-likeness (QED) is 0.381. The van der Waals surface area contributed by atoms with Gasteiger partial charge in [-0.3, -0.25) is 4.79 Å². The number of benzene rings is 1. The number of nitrogens with zero attached hydrogens (tertiary/aromatic N) is 2. The summed E-state index contributed by atoms with van der Waals surface area (Å²) in [5.74, 6) is -1.08. The van der Waals surface area contributed by atoms with Crippen LogP contribution in [0.2, 0.25) is 0 Å². The topological polar surface area (TPSA) is 88.2 Å². The van der Waals surface area contributed by atoms with Crippen molar-refractivity contribution >= 4 is 17.4 Å². The number of carbonyl (C=O) groups is 1. The molecule has 6 nitrogen and oxygen atoms in total. The first-order valence-electron chi connectivity index (χ1n) is 6.61. The number of halogens is 1. The van der Waals surface area contributed by atoms with Gasteiger partial charge in [-0.25, -0.2) is 4.39 Å². The Kier molecular flexibility index (Phi) is 4.42. The van der Waals surface area contributed by atoms with E-state index in [1.54, 1.807) is 12.1 Å². The number of hydrogen-bond acceptors (Lipinski definition) is 4. The van der Waals surface area contributed by atoms with Crippen LogP contribution in [0.1, 0.15) is 12.8 Å². The minimum atomic E-state index is -1.16. The van der Waals surface area contributed by atoms with Crippen molar-refractivity contribution in [3.63, 3.8) is 0 Å². The van der Waals surface area contributed by atoms with E-state index in [2.05, 4.69) is 5.16 Å². The molecule has 1 aliphatic heterocycles. The lowest BCUT2D eigenvalue weighted by Crippen LogP contribution is -2.53. The van der Waals surface area contributed by atoms with Crippen LogP contribution in [-0.2, 0) is 9.53 Å². The van der Waals surface area contributed by atoms with Crippen molar-refractivity contribution in [2.75, 3.05) is 25.2 Å². The van der Waals surface area contributed by atoms with E-state index in [0.29, 0.717) is 26.1 Å². The molecule has 0 spiro atoms. The molecule has 0 aliphatic carbocycles. The maximum Gasteiger partial charge on any atom is 0.240 e. The first-order chi connectivity index (χ1) is 10.0. The van der Waals surface area contributed by atoms with Gasteiger partial charge in [-0.05, 0) is 25.0 Å². The predicted molar refractivity (Wildman–Crippen MR) is 75.7 cm³/mol. The van der Waals surface area contributed by atoms with Gasteiger partial charge >= 0.3 is 0 Å². The standard InChI is InChI=1S/C14H18FN3O3/c1-18(11-5-3-2-4-10(11)15)13(19)14(12(16)17-20)6-8-21-9-7-14/h2-5,20H,6-9H2,1H3,(H2,16,17). The molecule has 0 radical (unpaired) electrons. The normalized spacial score (nSPS) is 18.3. The Bertz CT molecular complexity index is 556. The van der Waals surface area contributed by atoms with Crippen molar-refractivity contribution in [3.05, 3.63) is 30.1 Å². The van der Waals surface area contributed by atoms with E-state index >= 15 is 0 Å². The second-order valence-electron chi connectivity index (χ2n) is 5.00. The van der Waals surface area contributed by atoms with Crippen LogP contribution in [-0.4, -0.2) is 37.2 Å². The third kappa shape index (κ3) is 2.69. The monoisotopic (exact) mass is 295 g/mol. The summed E-state index contributed by atoms with van der Waals surface area (Å²) in [6.45, 7) is 0.653. The van der Waals surface area contributed by atoms with Gasteiger partial charge in [0.15, 0.2) is 5.84 Å². The molecule has 21 heavy (non-hydrogen) atoms. The number of oxime groups is 1. The highest BCUT2D eigenvalue weighted by atomic mass is 19.1. The number of rotatable bonds is 3. The van der Waals surface area contributed by atoms with Crippen molar-refractivity contribution in [1.29, 1.82) is 0 Å². The molecule has 0 atom stereocenters. The molecule has 3 N–H and O–H groups in total. The van der Waals surface area contributed by atoms with Gasteiger partial charge < -0.3 is 20.6 Å². The van der Waals surface area contributed by atoms with Crippen LogP contribution in [0.4, 0.5) is 10.1 Å². The second-order valence-corrected chi connectivity index (χ2v) is 5.00. The van der Waals surface area contributed by atoms with Crippen molar-refractivity contribution in [1.82, 2.24) is 0 Å². The molecule has 1 aliphatic rings. The van der Waals surface area contributed by atoms with Crippen LogP contribution in [0.3, 0.4) is 0 Å². The smallest absolute Gasteiger partial charge is 0.240 e. The van der Waals surface area contributed by atoms with Crippen LogP contribution in [0.15, 0.2) is 29.4 Å². The molecule has 0 bridgehead atoms. The molecule has 1 heterocycles.